The molecule has 1 aliphatic heterocycles. The molecule has 1 heterocycles. The lowest BCUT2D eigenvalue weighted by atomic mass is 9.93. The fraction of sp³-hybridized carbons (Fsp3) is 0.435. The predicted molar refractivity (Wildman–Crippen MR) is 112 cm³/mol. The van der Waals surface area contributed by atoms with E-state index >= 15 is 0 Å². The van der Waals surface area contributed by atoms with E-state index in [4.69, 9.17) is 9.47 Å². The summed E-state index contributed by atoms with van der Waals surface area (Å²) in [4.78, 5) is 12.7. The Hall–Kier alpha value is -2.51. The van der Waals surface area contributed by atoms with Crippen molar-refractivity contribution < 1.29 is 23.0 Å². The second-order valence-electron chi connectivity index (χ2n) is 7.98. The first kappa shape index (κ1) is 22.2. The van der Waals surface area contributed by atoms with E-state index in [9.17, 15) is 13.6 Å². The van der Waals surface area contributed by atoms with Crippen LogP contribution in [0.5, 0.6) is 0 Å². The van der Waals surface area contributed by atoms with Crippen molar-refractivity contribution in [2.45, 2.75) is 45.3 Å². The van der Waals surface area contributed by atoms with Crippen LogP contribution in [0.3, 0.4) is 0 Å². The Morgan fingerprint density at radius 1 is 0.967 bits per heavy atom. The van der Waals surface area contributed by atoms with Crippen LogP contribution in [0.25, 0.3) is 0 Å². The fourth-order valence-corrected chi connectivity index (χ4v) is 3.70. The highest BCUT2D eigenvalue weighted by Crippen LogP contribution is 2.35. The quantitative estimate of drug-likeness (QED) is 0.675. The summed E-state index contributed by atoms with van der Waals surface area (Å²) in [7, 11) is 0. The third-order valence-electron chi connectivity index (χ3n) is 5.19. The summed E-state index contributed by atoms with van der Waals surface area (Å²) in [5, 5.41) is 5.58. The van der Waals surface area contributed by atoms with Crippen molar-refractivity contribution in [3.63, 3.8) is 0 Å². The van der Waals surface area contributed by atoms with Crippen molar-refractivity contribution in [3.8, 4) is 0 Å². The molecular formula is C23H28F2N2O3. The van der Waals surface area contributed by atoms with Crippen molar-refractivity contribution in [2.24, 2.45) is 0 Å². The van der Waals surface area contributed by atoms with Crippen LogP contribution in [0.15, 0.2) is 36.4 Å². The van der Waals surface area contributed by atoms with Gasteiger partial charge < -0.3 is 20.1 Å². The van der Waals surface area contributed by atoms with Gasteiger partial charge in [-0.25, -0.2) is 13.6 Å². The molecule has 1 aliphatic rings. The van der Waals surface area contributed by atoms with Gasteiger partial charge in [0.25, 0.3) is 0 Å². The van der Waals surface area contributed by atoms with Crippen LogP contribution in [-0.4, -0.2) is 25.8 Å². The van der Waals surface area contributed by atoms with Gasteiger partial charge in [0, 0.05) is 5.69 Å². The Morgan fingerprint density at radius 3 is 1.97 bits per heavy atom. The molecule has 0 aromatic heterocycles. The summed E-state index contributed by atoms with van der Waals surface area (Å²) >= 11 is 0. The molecule has 1 fully saturated rings. The van der Waals surface area contributed by atoms with Gasteiger partial charge in [0.2, 0.25) is 5.79 Å². The average molecular weight is 418 g/mol. The molecule has 2 N–H and O–H groups in total. The molecule has 5 nitrogen and oxygen atoms in total. The van der Waals surface area contributed by atoms with Crippen LogP contribution in [0.1, 0.15) is 56.2 Å². The molecule has 0 saturated carbocycles. The van der Waals surface area contributed by atoms with Crippen molar-refractivity contribution in [3.05, 3.63) is 64.7 Å². The number of hydrogen-bond acceptors (Lipinski definition) is 3. The number of hydrogen-bond donors (Lipinski definition) is 2. The van der Waals surface area contributed by atoms with Gasteiger partial charge in [-0.05, 0) is 35.1 Å². The number of ether oxygens (including phenoxy) is 2. The van der Waals surface area contributed by atoms with Gasteiger partial charge in [-0.3, -0.25) is 0 Å². The van der Waals surface area contributed by atoms with E-state index in [0.29, 0.717) is 0 Å². The van der Waals surface area contributed by atoms with Gasteiger partial charge in [0.05, 0.1) is 25.3 Å². The number of carbonyl (C=O) groups is 1. The molecule has 2 aromatic rings. The summed E-state index contributed by atoms with van der Waals surface area (Å²) < 4.78 is 39.9. The second-order valence-corrected chi connectivity index (χ2v) is 7.98. The maximum absolute atomic E-state index is 14.4. The van der Waals surface area contributed by atoms with Crippen LogP contribution in [0.2, 0.25) is 0 Å². The van der Waals surface area contributed by atoms with E-state index in [1.165, 1.54) is 6.07 Å². The molecule has 1 saturated heterocycles. The molecule has 2 amide bonds. The number of carbonyl (C=O) groups excluding carboxylic acids is 1. The molecule has 0 bridgehead atoms. The lowest BCUT2D eigenvalue weighted by Gasteiger charge is -2.29. The van der Waals surface area contributed by atoms with E-state index < -0.39 is 23.5 Å². The molecule has 0 unspecified atom stereocenters. The van der Waals surface area contributed by atoms with Crippen molar-refractivity contribution in [1.29, 1.82) is 0 Å². The zero-order chi connectivity index (χ0) is 21.9. The summed E-state index contributed by atoms with van der Waals surface area (Å²) in [5.74, 6) is -2.86. The van der Waals surface area contributed by atoms with E-state index in [1.807, 2.05) is 18.2 Å². The maximum Gasteiger partial charge on any atom is 0.319 e. The topological polar surface area (TPSA) is 59.6 Å². The maximum atomic E-state index is 14.4. The van der Waals surface area contributed by atoms with Crippen LogP contribution < -0.4 is 10.6 Å². The minimum atomic E-state index is -1.70. The third-order valence-corrected chi connectivity index (χ3v) is 5.19. The fourth-order valence-electron chi connectivity index (χ4n) is 3.70. The Kier molecular flexibility index (Phi) is 6.73. The zero-order valence-corrected chi connectivity index (χ0v) is 17.7. The monoisotopic (exact) mass is 418 g/mol. The zero-order valence-electron chi connectivity index (χ0n) is 17.7. The van der Waals surface area contributed by atoms with E-state index in [1.54, 1.807) is 0 Å². The van der Waals surface area contributed by atoms with E-state index in [-0.39, 0.29) is 37.2 Å². The molecule has 3 rings (SSSR count). The highest BCUT2D eigenvalue weighted by Gasteiger charge is 2.43. The van der Waals surface area contributed by atoms with Crippen LogP contribution in [0.4, 0.5) is 19.3 Å². The molecule has 0 radical (unpaired) electrons. The Bertz CT molecular complexity index is 863. The van der Waals surface area contributed by atoms with Gasteiger partial charge >= 0.3 is 6.03 Å². The van der Waals surface area contributed by atoms with E-state index in [2.05, 4.69) is 38.3 Å². The number of nitrogens with one attached hydrogen (secondary N) is 2. The van der Waals surface area contributed by atoms with Crippen molar-refractivity contribution >= 4 is 11.7 Å². The van der Waals surface area contributed by atoms with Gasteiger partial charge in [0.1, 0.15) is 11.6 Å². The Morgan fingerprint density at radius 2 is 1.47 bits per heavy atom. The molecule has 0 aliphatic carbocycles. The van der Waals surface area contributed by atoms with Gasteiger partial charge in [-0.15, -0.1) is 0 Å². The summed E-state index contributed by atoms with van der Waals surface area (Å²) in [6, 6.07) is 8.98. The Balaban J connectivity index is 1.82. The first-order valence-electron chi connectivity index (χ1n) is 10.1. The number of benzene rings is 2. The third kappa shape index (κ3) is 4.47. The second kappa shape index (κ2) is 9.10. The summed E-state index contributed by atoms with van der Waals surface area (Å²) in [5.41, 5.74) is 2.44. The molecule has 7 heteroatoms. The van der Waals surface area contributed by atoms with Crippen LogP contribution in [-0.2, 0) is 15.3 Å². The number of amides is 2. The first-order chi connectivity index (χ1) is 14.2. The minimum Gasteiger partial charge on any atom is -0.342 e. The standard InChI is InChI=1S/C23H28F2N2O3/c1-14(2)16-7-5-8-17(15(3)4)21(16)27-22(28)26-13-23(29-11-12-30-23)20-18(24)9-6-10-19(20)25/h5-10,14-15H,11-13H2,1-4H3,(H2,26,27,28). The highest BCUT2D eigenvalue weighted by molar-refractivity contribution is 5.91. The molecule has 2 aromatic carbocycles. The molecular weight excluding hydrogens is 390 g/mol. The first-order valence-corrected chi connectivity index (χ1v) is 10.1. The lowest BCUT2D eigenvalue weighted by Crippen LogP contribution is -2.44. The number of anilines is 1. The molecule has 0 atom stereocenters. The van der Waals surface area contributed by atoms with Crippen LogP contribution >= 0.6 is 0 Å². The number of para-hydroxylation sites is 1. The number of halogens is 2. The molecule has 162 valence electrons. The van der Waals surface area contributed by atoms with Crippen molar-refractivity contribution in [2.75, 3.05) is 25.1 Å². The SMILES string of the molecule is CC(C)c1cccc(C(C)C)c1NC(=O)NCC1(c2c(F)cccc2F)OCCO1. The summed E-state index contributed by atoms with van der Waals surface area (Å²) in [6.45, 7) is 8.32. The van der Waals surface area contributed by atoms with E-state index in [0.717, 1.165) is 28.9 Å². The minimum absolute atomic E-state index is 0.171. The predicted octanol–water partition coefficient (Wildman–Crippen LogP) is 5.23. The summed E-state index contributed by atoms with van der Waals surface area (Å²) in [6.07, 6.45) is 0. The molecule has 30 heavy (non-hydrogen) atoms. The average Bonchev–Trinajstić information content (AvgIpc) is 3.15. The lowest BCUT2D eigenvalue weighted by molar-refractivity contribution is -0.164. The van der Waals surface area contributed by atoms with Gasteiger partial charge in [0.15, 0.2) is 0 Å². The smallest absolute Gasteiger partial charge is 0.319 e. The molecule has 0 spiro atoms. The van der Waals surface area contributed by atoms with Crippen LogP contribution in [0, 0.1) is 11.6 Å². The highest BCUT2D eigenvalue weighted by atomic mass is 19.1. The largest absolute Gasteiger partial charge is 0.342 e. The normalized spacial score (nSPS) is 15.6. The van der Waals surface area contributed by atoms with Gasteiger partial charge in [-0.1, -0.05) is 52.0 Å². The number of rotatable bonds is 6. The number of urea groups is 1. The Labute approximate surface area is 175 Å². The van der Waals surface area contributed by atoms with Crippen molar-refractivity contribution in [1.82, 2.24) is 5.32 Å². The van der Waals surface area contributed by atoms with Gasteiger partial charge in [-0.2, -0.15) is 0 Å².